The predicted octanol–water partition coefficient (Wildman–Crippen LogP) is 5.91. The standard InChI is InChI=1S/C24H32O2/c1-17(2)13-19-5-9-21(10-6-19)23-15-26-24(16-25-23)22-11-7-20(8-12-22)14-18(3)4/h5-12,17-18,23-24H,13-16H2,1-4H3. The average molecular weight is 353 g/mol. The van der Waals surface area contributed by atoms with Crippen molar-refractivity contribution >= 4 is 0 Å². The van der Waals surface area contributed by atoms with Gasteiger partial charge in [0.15, 0.2) is 0 Å². The summed E-state index contributed by atoms with van der Waals surface area (Å²) < 4.78 is 12.2. The summed E-state index contributed by atoms with van der Waals surface area (Å²) in [5, 5.41) is 0. The average Bonchev–Trinajstić information content (AvgIpc) is 2.62. The van der Waals surface area contributed by atoms with Crippen molar-refractivity contribution in [1.29, 1.82) is 0 Å². The van der Waals surface area contributed by atoms with E-state index in [1.54, 1.807) is 0 Å². The lowest BCUT2D eigenvalue weighted by atomic mass is 9.99. The van der Waals surface area contributed by atoms with Gasteiger partial charge in [0.25, 0.3) is 0 Å². The highest BCUT2D eigenvalue weighted by Gasteiger charge is 2.24. The first-order valence-electron chi connectivity index (χ1n) is 9.92. The highest BCUT2D eigenvalue weighted by molar-refractivity contribution is 5.27. The summed E-state index contributed by atoms with van der Waals surface area (Å²) in [6.07, 6.45) is 2.33. The molecule has 2 aromatic carbocycles. The van der Waals surface area contributed by atoms with Crippen LogP contribution in [-0.4, -0.2) is 13.2 Å². The molecule has 2 aromatic rings. The van der Waals surface area contributed by atoms with Crippen LogP contribution in [-0.2, 0) is 22.3 Å². The second kappa shape index (κ2) is 8.83. The largest absolute Gasteiger partial charge is 0.368 e. The van der Waals surface area contributed by atoms with E-state index in [4.69, 9.17) is 9.47 Å². The Bertz CT molecular complexity index is 601. The van der Waals surface area contributed by atoms with E-state index >= 15 is 0 Å². The third kappa shape index (κ3) is 5.18. The third-order valence-corrected chi connectivity index (χ3v) is 4.89. The summed E-state index contributed by atoms with van der Waals surface area (Å²) in [4.78, 5) is 0. The molecule has 0 aliphatic carbocycles. The molecule has 0 bridgehead atoms. The van der Waals surface area contributed by atoms with E-state index in [1.165, 1.54) is 22.3 Å². The van der Waals surface area contributed by atoms with E-state index in [-0.39, 0.29) is 12.2 Å². The van der Waals surface area contributed by atoms with E-state index in [1.807, 2.05) is 0 Å². The Kier molecular flexibility index (Phi) is 6.50. The molecule has 0 amide bonds. The summed E-state index contributed by atoms with van der Waals surface area (Å²) >= 11 is 0. The predicted molar refractivity (Wildman–Crippen MR) is 107 cm³/mol. The zero-order chi connectivity index (χ0) is 18.5. The Labute approximate surface area is 158 Å². The Balaban J connectivity index is 1.55. The fourth-order valence-electron chi connectivity index (χ4n) is 3.57. The summed E-state index contributed by atoms with van der Waals surface area (Å²) in [6, 6.07) is 17.6. The molecule has 2 atom stereocenters. The zero-order valence-electron chi connectivity index (χ0n) is 16.6. The van der Waals surface area contributed by atoms with Crippen LogP contribution >= 0.6 is 0 Å². The van der Waals surface area contributed by atoms with E-state index in [0.29, 0.717) is 25.0 Å². The molecule has 0 saturated carbocycles. The molecule has 2 unspecified atom stereocenters. The van der Waals surface area contributed by atoms with Gasteiger partial charge in [0, 0.05) is 0 Å². The molecule has 2 nitrogen and oxygen atoms in total. The van der Waals surface area contributed by atoms with Crippen LogP contribution in [0, 0.1) is 11.8 Å². The summed E-state index contributed by atoms with van der Waals surface area (Å²) in [6.45, 7) is 10.2. The molecular formula is C24H32O2. The molecule has 0 spiro atoms. The van der Waals surface area contributed by atoms with Gasteiger partial charge in [0.05, 0.1) is 13.2 Å². The maximum absolute atomic E-state index is 6.12. The highest BCUT2D eigenvalue weighted by Crippen LogP contribution is 2.30. The van der Waals surface area contributed by atoms with Crippen LogP contribution in [0.25, 0.3) is 0 Å². The van der Waals surface area contributed by atoms with E-state index in [9.17, 15) is 0 Å². The van der Waals surface area contributed by atoms with Crippen molar-refractivity contribution in [2.45, 2.75) is 52.7 Å². The molecule has 1 aliphatic heterocycles. The molecule has 1 heterocycles. The van der Waals surface area contributed by atoms with Crippen LogP contribution in [0.1, 0.15) is 62.2 Å². The Morgan fingerprint density at radius 2 is 1.00 bits per heavy atom. The molecular weight excluding hydrogens is 320 g/mol. The van der Waals surface area contributed by atoms with Crippen molar-refractivity contribution in [3.05, 3.63) is 70.8 Å². The van der Waals surface area contributed by atoms with Gasteiger partial charge in [0.2, 0.25) is 0 Å². The monoisotopic (exact) mass is 352 g/mol. The van der Waals surface area contributed by atoms with Gasteiger partial charge in [-0.3, -0.25) is 0 Å². The molecule has 26 heavy (non-hydrogen) atoms. The Morgan fingerprint density at radius 3 is 1.27 bits per heavy atom. The topological polar surface area (TPSA) is 18.5 Å². The minimum Gasteiger partial charge on any atom is -0.368 e. The van der Waals surface area contributed by atoms with Crippen LogP contribution in [0.4, 0.5) is 0 Å². The Morgan fingerprint density at radius 1 is 0.654 bits per heavy atom. The molecule has 1 fully saturated rings. The molecule has 0 aromatic heterocycles. The van der Waals surface area contributed by atoms with Gasteiger partial charge in [-0.15, -0.1) is 0 Å². The van der Waals surface area contributed by atoms with Crippen molar-refractivity contribution in [3.63, 3.8) is 0 Å². The SMILES string of the molecule is CC(C)Cc1ccc(C2COC(c3ccc(CC(C)C)cc3)CO2)cc1. The summed E-state index contributed by atoms with van der Waals surface area (Å²) in [5.74, 6) is 1.37. The lowest BCUT2D eigenvalue weighted by Crippen LogP contribution is -2.25. The van der Waals surface area contributed by atoms with Gasteiger partial charge in [-0.1, -0.05) is 76.2 Å². The summed E-state index contributed by atoms with van der Waals surface area (Å²) in [5.41, 5.74) is 5.20. The minimum atomic E-state index is 0.0413. The third-order valence-electron chi connectivity index (χ3n) is 4.89. The van der Waals surface area contributed by atoms with E-state index in [2.05, 4.69) is 76.2 Å². The molecule has 1 aliphatic rings. The highest BCUT2D eigenvalue weighted by atomic mass is 16.6. The lowest BCUT2D eigenvalue weighted by molar-refractivity contribution is -0.137. The number of hydrogen-bond donors (Lipinski definition) is 0. The second-order valence-electron chi connectivity index (χ2n) is 8.32. The van der Waals surface area contributed by atoms with Gasteiger partial charge in [0.1, 0.15) is 12.2 Å². The molecule has 140 valence electrons. The number of benzene rings is 2. The quantitative estimate of drug-likeness (QED) is 0.643. The molecule has 3 rings (SSSR count). The van der Waals surface area contributed by atoms with E-state index < -0.39 is 0 Å². The first kappa shape index (κ1) is 19.1. The van der Waals surface area contributed by atoms with Gasteiger partial charge in [-0.25, -0.2) is 0 Å². The molecule has 0 N–H and O–H groups in total. The summed E-state index contributed by atoms with van der Waals surface area (Å²) in [7, 11) is 0. The number of rotatable bonds is 6. The van der Waals surface area contributed by atoms with Crippen molar-refractivity contribution < 1.29 is 9.47 Å². The molecule has 1 saturated heterocycles. The molecule has 0 radical (unpaired) electrons. The van der Waals surface area contributed by atoms with Gasteiger partial charge in [-0.05, 0) is 46.9 Å². The smallest absolute Gasteiger partial charge is 0.106 e. The van der Waals surface area contributed by atoms with Crippen molar-refractivity contribution in [2.75, 3.05) is 13.2 Å². The van der Waals surface area contributed by atoms with Crippen LogP contribution in [0.5, 0.6) is 0 Å². The van der Waals surface area contributed by atoms with E-state index in [0.717, 1.165) is 12.8 Å². The van der Waals surface area contributed by atoms with Crippen molar-refractivity contribution in [3.8, 4) is 0 Å². The maximum Gasteiger partial charge on any atom is 0.106 e. The van der Waals surface area contributed by atoms with Crippen molar-refractivity contribution in [2.24, 2.45) is 11.8 Å². The van der Waals surface area contributed by atoms with Crippen molar-refractivity contribution in [1.82, 2.24) is 0 Å². The normalized spacial score (nSPS) is 20.7. The first-order valence-corrected chi connectivity index (χ1v) is 9.92. The first-order chi connectivity index (χ1) is 12.5. The fourth-order valence-corrected chi connectivity index (χ4v) is 3.57. The van der Waals surface area contributed by atoms with Gasteiger partial charge >= 0.3 is 0 Å². The van der Waals surface area contributed by atoms with Crippen LogP contribution in [0.3, 0.4) is 0 Å². The maximum atomic E-state index is 6.12. The van der Waals surface area contributed by atoms with Crippen LogP contribution in [0.15, 0.2) is 48.5 Å². The Hall–Kier alpha value is -1.64. The zero-order valence-corrected chi connectivity index (χ0v) is 16.6. The minimum absolute atomic E-state index is 0.0413. The van der Waals surface area contributed by atoms with Crippen LogP contribution < -0.4 is 0 Å². The second-order valence-corrected chi connectivity index (χ2v) is 8.32. The number of ether oxygens (including phenoxy) is 2. The lowest BCUT2D eigenvalue weighted by Gasteiger charge is -2.30. The van der Waals surface area contributed by atoms with Crippen LogP contribution in [0.2, 0.25) is 0 Å². The van der Waals surface area contributed by atoms with Gasteiger partial charge in [-0.2, -0.15) is 0 Å². The molecule has 2 heteroatoms. The number of hydrogen-bond acceptors (Lipinski definition) is 2. The van der Waals surface area contributed by atoms with Gasteiger partial charge < -0.3 is 9.47 Å². The fraction of sp³-hybridized carbons (Fsp3) is 0.500.